The second-order valence-corrected chi connectivity index (χ2v) is 4.94. The Kier molecular flexibility index (Phi) is 5.42. The Labute approximate surface area is 97.9 Å². The molecule has 0 amide bonds. The lowest BCUT2D eigenvalue weighted by Gasteiger charge is -2.33. The predicted molar refractivity (Wildman–Crippen MR) is 62.1 cm³/mol. The lowest BCUT2D eigenvalue weighted by atomic mass is 9.82. The predicted octanol–water partition coefficient (Wildman–Crippen LogP) is 1.75. The lowest BCUT2D eigenvalue weighted by Crippen LogP contribution is -2.45. The van der Waals surface area contributed by atoms with E-state index in [1.54, 1.807) is 14.0 Å². The summed E-state index contributed by atoms with van der Waals surface area (Å²) in [5.74, 6) is -0.809. The first-order chi connectivity index (χ1) is 7.17. The maximum Gasteiger partial charge on any atom is 0.338 e. The smallest absolute Gasteiger partial charge is 0.338 e. The average Bonchev–Trinajstić information content (AvgIpc) is 2.17. The highest BCUT2D eigenvalue weighted by Crippen LogP contribution is 2.28. The van der Waals surface area contributed by atoms with Gasteiger partial charge in [0, 0.05) is 7.11 Å². The van der Waals surface area contributed by atoms with E-state index in [1.807, 2.05) is 20.8 Å². The highest BCUT2D eigenvalue weighted by Gasteiger charge is 2.40. The minimum absolute atomic E-state index is 0.235. The van der Waals surface area contributed by atoms with E-state index >= 15 is 0 Å². The molecule has 96 valence electrons. The van der Waals surface area contributed by atoms with Crippen molar-refractivity contribution in [3.05, 3.63) is 0 Å². The number of ether oxygens (including phenoxy) is 2. The first-order valence-corrected chi connectivity index (χ1v) is 5.62. The fourth-order valence-corrected chi connectivity index (χ4v) is 1.50. The first kappa shape index (κ1) is 15.4. The van der Waals surface area contributed by atoms with Crippen LogP contribution in [0.1, 0.15) is 41.0 Å². The molecule has 0 aliphatic carbocycles. The molecule has 0 aliphatic rings. The van der Waals surface area contributed by atoms with Gasteiger partial charge >= 0.3 is 5.97 Å². The molecule has 4 nitrogen and oxygen atoms in total. The average molecular weight is 232 g/mol. The van der Waals surface area contributed by atoms with Gasteiger partial charge in [0.2, 0.25) is 0 Å². The summed E-state index contributed by atoms with van der Waals surface area (Å²) in [6, 6.07) is 0. The maximum absolute atomic E-state index is 11.6. The Morgan fingerprint density at radius 1 is 1.38 bits per heavy atom. The number of aliphatic hydroxyl groups is 1. The van der Waals surface area contributed by atoms with Gasteiger partial charge < -0.3 is 14.6 Å². The molecule has 2 atom stereocenters. The molecule has 0 spiro atoms. The fraction of sp³-hybridized carbons (Fsp3) is 0.917. The van der Waals surface area contributed by atoms with E-state index < -0.39 is 11.6 Å². The van der Waals surface area contributed by atoms with E-state index in [-0.39, 0.29) is 18.1 Å². The molecule has 0 bridgehead atoms. The molecule has 0 fully saturated rings. The summed E-state index contributed by atoms with van der Waals surface area (Å²) in [6.07, 6.45) is 0.579. The normalized spacial score (nSPS) is 17.7. The van der Waals surface area contributed by atoms with E-state index in [4.69, 9.17) is 9.47 Å². The van der Waals surface area contributed by atoms with Crippen molar-refractivity contribution in [1.29, 1.82) is 0 Å². The van der Waals surface area contributed by atoms with Gasteiger partial charge in [-0.1, -0.05) is 6.92 Å². The van der Waals surface area contributed by atoms with Crippen molar-refractivity contribution in [2.24, 2.45) is 5.92 Å². The standard InChI is InChI=1S/C12H24O4/c1-7-16-10(13)12(5,14)9(2)8-11(3,4)15-6/h9,14H,7-8H2,1-6H3. The van der Waals surface area contributed by atoms with E-state index in [9.17, 15) is 9.90 Å². The van der Waals surface area contributed by atoms with Crippen LogP contribution in [0, 0.1) is 5.92 Å². The molecular formula is C12H24O4. The van der Waals surface area contributed by atoms with Crippen LogP contribution in [0.2, 0.25) is 0 Å². The van der Waals surface area contributed by atoms with Gasteiger partial charge in [-0.3, -0.25) is 0 Å². The molecule has 2 unspecified atom stereocenters. The zero-order valence-electron chi connectivity index (χ0n) is 11.2. The van der Waals surface area contributed by atoms with Crippen molar-refractivity contribution >= 4 is 5.97 Å². The Hall–Kier alpha value is -0.610. The zero-order chi connectivity index (χ0) is 13.0. The summed E-state index contributed by atoms with van der Waals surface area (Å²) < 4.78 is 10.1. The van der Waals surface area contributed by atoms with Crippen molar-refractivity contribution in [2.45, 2.75) is 52.2 Å². The van der Waals surface area contributed by atoms with Crippen molar-refractivity contribution in [1.82, 2.24) is 0 Å². The molecule has 4 heteroatoms. The molecule has 0 saturated carbocycles. The van der Waals surface area contributed by atoms with Gasteiger partial charge in [0.05, 0.1) is 12.2 Å². The summed E-state index contributed by atoms with van der Waals surface area (Å²) in [7, 11) is 1.62. The molecule has 0 saturated heterocycles. The quantitative estimate of drug-likeness (QED) is 0.709. The van der Waals surface area contributed by atoms with Gasteiger partial charge in [0.1, 0.15) is 0 Å². The highest BCUT2D eigenvalue weighted by atomic mass is 16.5. The third kappa shape index (κ3) is 4.10. The molecule has 16 heavy (non-hydrogen) atoms. The summed E-state index contributed by atoms with van der Waals surface area (Å²) in [5, 5.41) is 10.1. The highest BCUT2D eigenvalue weighted by molar-refractivity contribution is 5.79. The Morgan fingerprint density at radius 3 is 2.25 bits per heavy atom. The summed E-state index contributed by atoms with van der Waals surface area (Å²) >= 11 is 0. The number of methoxy groups -OCH3 is 1. The van der Waals surface area contributed by atoms with Crippen molar-refractivity contribution in [2.75, 3.05) is 13.7 Å². The Bertz CT molecular complexity index is 233. The van der Waals surface area contributed by atoms with Crippen LogP contribution in [-0.2, 0) is 14.3 Å². The Balaban J connectivity index is 4.57. The molecule has 0 aromatic heterocycles. The van der Waals surface area contributed by atoms with E-state index in [2.05, 4.69) is 0 Å². The molecule has 0 aliphatic heterocycles. The van der Waals surface area contributed by atoms with Crippen LogP contribution in [0.15, 0.2) is 0 Å². The van der Waals surface area contributed by atoms with Gasteiger partial charge in [-0.25, -0.2) is 4.79 Å². The van der Waals surface area contributed by atoms with Crippen LogP contribution in [-0.4, -0.2) is 36.0 Å². The fourth-order valence-electron chi connectivity index (χ4n) is 1.50. The SMILES string of the molecule is CCOC(=O)C(C)(O)C(C)CC(C)(C)OC. The van der Waals surface area contributed by atoms with E-state index in [1.165, 1.54) is 6.92 Å². The van der Waals surface area contributed by atoms with Crippen molar-refractivity contribution < 1.29 is 19.4 Å². The van der Waals surface area contributed by atoms with Crippen LogP contribution in [0.25, 0.3) is 0 Å². The minimum atomic E-state index is -1.47. The zero-order valence-corrected chi connectivity index (χ0v) is 11.2. The third-order valence-electron chi connectivity index (χ3n) is 3.00. The van der Waals surface area contributed by atoms with Crippen LogP contribution in [0.3, 0.4) is 0 Å². The molecule has 1 N–H and O–H groups in total. The summed E-state index contributed by atoms with van der Waals surface area (Å²) in [5.41, 5.74) is -1.83. The molecule has 0 aromatic rings. The number of hydrogen-bond donors (Lipinski definition) is 1. The number of esters is 1. The second kappa shape index (κ2) is 5.64. The van der Waals surface area contributed by atoms with E-state index in [0.717, 1.165) is 0 Å². The summed E-state index contributed by atoms with van der Waals surface area (Å²) in [6.45, 7) is 9.14. The van der Waals surface area contributed by atoms with Gasteiger partial charge in [0.15, 0.2) is 5.60 Å². The van der Waals surface area contributed by atoms with E-state index in [0.29, 0.717) is 6.42 Å². The van der Waals surface area contributed by atoms with Crippen LogP contribution < -0.4 is 0 Å². The second-order valence-electron chi connectivity index (χ2n) is 4.94. The lowest BCUT2D eigenvalue weighted by molar-refractivity contribution is -0.170. The number of carbonyl (C=O) groups is 1. The van der Waals surface area contributed by atoms with Gasteiger partial charge in [-0.2, -0.15) is 0 Å². The third-order valence-corrected chi connectivity index (χ3v) is 3.00. The molecular weight excluding hydrogens is 208 g/mol. The van der Waals surface area contributed by atoms with Crippen LogP contribution in [0.4, 0.5) is 0 Å². The van der Waals surface area contributed by atoms with Crippen LogP contribution >= 0.6 is 0 Å². The van der Waals surface area contributed by atoms with Crippen molar-refractivity contribution in [3.8, 4) is 0 Å². The monoisotopic (exact) mass is 232 g/mol. The number of rotatable bonds is 6. The minimum Gasteiger partial charge on any atom is -0.464 e. The topological polar surface area (TPSA) is 55.8 Å². The first-order valence-electron chi connectivity index (χ1n) is 5.62. The summed E-state index contributed by atoms with van der Waals surface area (Å²) in [4.78, 5) is 11.6. The number of carbonyl (C=O) groups excluding carboxylic acids is 1. The molecule has 0 radical (unpaired) electrons. The number of hydrogen-bond acceptors (Lipinski definition) is 4. The molecule has 0 rings (SSSR count). The van der Waals surface area contributed by atoms with Gasteiger partial charge in [-0.05, 0) is 40.0 Å². The molecule has 0 heterocycles. The van der Waals surface area contributed by atoms with Gasteiger partial charge in [-0.15, -0.1) is 0 Å². The largest absolute Gasteiger partial charge is 0.464 e. The maximum atomic E-state index is 11.6. The Morgan fingerprint density at radius 2 is 1.88 bits per heavy atom. The van der Waals surface area contributed by atoms with Crippen LogP contribution in [0.5, 0.6) is 0 Å². The van der Waals surface area contributed by atoms with Crippen molar-refractivity contribution in [3.63, 3.8) is 0 Å². The van der Waals surface area contributed by atoms with Gasteiger partial charge in [0.25, 0.3) is 0 Å². The molecule has 0 aromatic carbocycles.